The number of hydrogen-bond acceptors (Lipinski definition) is 0. The third kappa shape index (κ3) is 2.29. The maximum absolute atomic E-state index is 6.02. The van der Waals surface area contributed by atoms with Crippen LogP contribution in [0.2, 0.25) is 10.0 Å². The van der Waals surface area contributed by atoms with Crippen LogP contribution < -0.4 is 0 Å². The van der Waals surface area contributed by atoms with Gasteiger partial charge in [0.05, 0.1) is 5.38 Å². The van der Waals surface area contributed by atoms with Crippen LogP contribution in [0.25, 0.3) is 0 Å². The van der Waals surface area contributed by atoms with Gasteiger partial charge in [-0.25, -0.2) is 0 Å². The van der Waals surface area contributed by atoms with E-state index in [0.717, 1.165) is 12.0 Å². The van der Waals surface area contributed by atoms with E-state index >= 15 is 0 Å². The molecule has 1 atom stereocenters. The zero-order valence-corrected chi connectivity index (χ0v) is 8.92. The maximum Gasteiger partial charge on any atom is 0.0597 e. The molecule has 0 amide bonds. The average Bonchev–Trinajstić information content (AvgIpc) is 2.03. The summed E-state index contributed by atoms with van der Waals surface area (Å²) in [4.78, 5) is 0. The van der Waals surface area contributed by atoms with Crippen LogP contribution in [0.15, 0.2) is 18.2 Å². The third-order valence-corrected chi connectivity index (χ3v) is 2.76. The van der Waals surface area contributed by atoms with Crippen molar-refractivity contribution in [2.45, 2.75) is 18.7 Å². The van der Waals surface area contributed by atoms with Crippen molar-refractivity contribution in [2.24, 2.45) is 0 Å². The minimum Gasteiger partial charge on any atom is -0.118 e. The highest BCUT2D eigenvalue weighted by molar-refractivity contribution is 6.35. The van der Waals surface area contributed by atoms with E-state index in [1.54, 1.807) is 12.1 Å². The van der Waals surface area contributed by atoms with Crippen LogP contribution in [-0.2, 0) is 0 Å². The molecule has 0 heterocycles. The Morgan fingerprint density at radius 3 is 2.50 bits per heavy atom. The molecule has 0 aliphatic rings. The van der Waals surface area contributed by atoms with E-state index in [0.29, 0.717) is 10.0 Å². The number of rotatable bonds is 2. The molecule has 0 bridgehead atoms. The summed E-state index contributed by atoms with van der Waals surface area (Å²) in [5, 5.41) is 1.27. The molecule has 1 rings (SSSR count). The van der Waals surface area contributed by atoms with E-state index in [4.69, 9.17) is 34.8 Å². The lowest BCUT2D eigenvalue weighted by Crippen LogP contribution is -1.88. The van der Waals surface area contributed by atoms with Crippen molar-refractivity contribution in [1.29, 1.82) is 0 Å². The first-order valence-electron chi connectivity index (χ1n) is 3.74. The van der Waals surface area contributed by atoms with Crippen LogP contribution in [0.5, 0.6) is 0 Å². The Bertz CT molecular complexity index is 270. The highest BCUT2D eigenvalue weighted by atomic mass is 35.5. The summed E-state index contributed by atoms with van der Waals surface area (Å²) >= 11 is 17.7. The molecule has 0 saturated carbocycles. The summed E-state index contributed by atoms with van der Waals surface area (Å²) in [5.41, 5.74) is 0.949. The molecule has 3 heteroatoms. The molecule has 1 aromatic carbocycles. The van der Waals surface area contributed by atoms with Crippen molar-refractivity contribution < 1.29 is 0 Å². The SMILES string of the molecule is CCC(Cl)c1ccc(Cl)cc1Cl. The second-order valence-corrected chi connectivity index (χ2v) is 3.91. The Labute approximate surface area is 87.4 Å². The molecule has 12 heavy (non-hydrogen) atoms. The van der Waals surface area contributed by atoms with Crippen molar-refractivity contribution in [3.63, 3.8) is 0 Å². The van der Waals surface area contributed by atoms with E-state index < -0.39 is 0 Å². The van der Waals surface area contributed by atoms with Gasteiger partial charge in [-0.15, -0.1) is 11.6 Å². The number of alkyl halides is 1. The van der Waals surface area contributed by atoms with Gasteiger partial charge >= 0.3 is 0 Å². The van der Waals surface area contributed by atoms with Crippen molar-refractivity contribution >= 4 is 34.8 Å². The maximum atomic E-state index is 6.02. The molecule has 0 fully saturated rings. The Morgan fingerprint density at radius 1 is 1.33 bits per heavy atom. The Hall–Kier alpha value is 0.0900. The topological polar surface area (TPSA) is 0 Å². The lowest BCUT2D eigenvalue weighted by atomic mass is 10.1. The lowest BCUT2D eigenvalue weighted by Gasteiger charge is -2.08. The van der Waals surface area contributed by atoms with Crippen molar-refractivity contribution in [3.8, 4) is 0 Å². The average molecular weight is 224 g/mol. The monoisotopic (exact) mass is 222 g/mol. The first-order chi connectivity index (χ1) is 5.65. The summed E-state index contributed by atoms with van der Waals surface area (Å²) in [7, 11) is 0. The van der Waals surface area contributed by atoms with E-state index in [2.05, 4.69) is 0 Å². The van der Waals surface area contributed by atoms with E-state index in [1.807, 2.05) is 13.0 Å². The summed E-state index contributed by atoms with van der Waals surface area (Å²) in [6.45, 7) is 2.02. The van der Waals surface area contributed by atoms with E-state index in [1.165, 1.54) is 0 Å². The normalized spacial score (nSPS) is 13.0. The first kappa shape index (κ1) is 10.2. The smallest absolute Gasteiger partial charge is 0.0597 e. The van der Waals surface area contributed by atoms with Crippen LogP contribution in [-0.4, -0.2) is 0 Å². The Balaban J connectivity index is 3.01. The van der Waals surface area contributed by atoms with Crippen LogP contribution in [0.1, 0.15) is 24.3 Å². The molecule has 0 radical (unpaired) electrons. The second-order valence-electron chi connectivity index (χ2n) is 2.54. The van der Waals surface area contributed by atoms with E-state index in [-0.39, 0.29) is 5.38 Å². The molecule has 0 aliphatic carbocycles. The molecule has 0 spiro atoms. The zero-order chi connectivity index (χ0) is 9.14. The lowest BCUT2D eigenvalue weighted by molar-refractivity contribution is 0.884. The number of halogens is 3. The fourth-order valence-corrected chi connectivity index (χ4v) is 1.76. The summed E-state index contributed by atoms with van der Waals surface area (Å²) in [6.07, 6.45) is 0.864. The van der Waals surface area contributed by atoms with Crippen LogP contribution in [0.3, 0.4) is 0 Å². The highest BCUT2D eigenvalue weighted by Crippen LogP contribution is 2.31. The van der Waals surface area contributed by atoms with Gasteiger partial charge in [0.2, 0.25) is 0 Å². The van der Waals surface area contributed by atoms with Gasteiger partial charge < -0.3 is 0 Å². The fraction of sp³-hybridized carbons (Fsp3) is 0.333. The van der Waals surface area contributed by atoms with Crippen LogP contribution in [0, 0.1) is 0 Å². The molecule has 66 valence electrons. The largest absolute Gasteiger partial charge is 0.118 e. The molecule has 0 saturated heterocycles. The molecule has 1 unspecified atom stereocenters. The second kappa shape index (κ2) is 4.36. The van der Waals surface area contributed by atoms with Crippen molar-refractivity contribution in [1.82, 2.24) is 0 Å². The van der Waals surface area contributed by atoms with Gasteiger partial charge in [0.25, 0.3) is 0 Å². The van der Waals surface area contributed by atoms with Crippen LogP contribution >= 0.6 is 34.8 Å². The Morgan fingerprint density at radius 2 is 2.00 bits per heavy atom. The van der Waals surface area contributed by atoms with Gasteiger partial charge in [0.15, 0.2) is 0 Å². The summed E-state index contributed by atoms with van der Waals surface area (Å²) < 4.78 is 0. The minimum absolute atomic E-state index is 0.0187. The number of benzene rings is 1. The van der Waals surface area contributed by atoms with Gasteiger partial charge in [-0.3, -0.25) is 0 Å². The van der Waals surface area contributed by atoms with Crippen molar-refractivity contribution in [2.75, 3.05) is 0 Å². The molecule has 0 N–H and O–H groups in total. The molecular formula is C9H9Cl3. The van der Waals surface area contributed by atoms with Gasteiger partial charge in [-0.2, -0.15) is 0 Å². The van der Waals surface area contributed by atoms with Crippen LogP contribution in [0.4, 0.5) is 0 Å². The molecular weight excluding hydrogens is 214 g/mol. The van der Waals surface area contributed by atoms with Gasteiger partial charge in [-0.05, 0) is 24.1 Å². The highest BCUT2D eigenvalue weighted by Gasteiger charge is 2.09. The minimum atomic E-state index is -0.0187. The predicted molar refractivity (Wildman–Crippen MR) is 55.3 cm³/mol. The first-order valence-corrected chi connectivity index (χ1v) is 4.93. The molecule has 0 aromatic heterocycles. The van der Waals surface area contributed by atoms with Gasteiger partial charge in [0, 0.05) is 10.0 Å². The van der Waals surface area contributed by atoms with Gasteiger partial charge in [-0.1, -0.05) is 36.2 Å². The summed E-state index contributed by atoms with van der Waals surface area (Å²) in [6, 6.07) is 5.38. The third-order valence-electron chi connectivity index (χ3n) is 1.66. The quantitative estimate of drug-likeness (QED) is 0.639. The Kier molecular flexibility index (Phi) is 3.70. The zero-order valence-electron chi connectivity index (χ0n) is 6.65. The van der Waals surface area contributed by atoms with Gasteiger partial charge in [0.1, 0.15) is 0 Å². The molecule has 0 aliphatic heterocycles. The standard InChI is InChI=1S/C9H9Cl3/c1-2-8(11)7-4-3-6(10)5-9(7)12/h3-5,8H,2H2,1H3. The van der Waals surface area contributed by atoms with Crippen molar-refractivity contribution in [3.05, 3.63) is 33.8 Å². The fourth-order valence-electron chi connectivity index (χ4n) is 0.975. The number of hydrogen-bond donors (Lipinski definition) is 0. The predicted octanol–water partition coefficient (Wildman–Crippen LogP) is 4.68. The molecule has 0 nitrogen and oxygen atoms in total. The molecule has 1 aromatic rings. The summed E-state index contributed by atoms with van der Waals surface area (Å²) in [5.74, 6) is 0. The van der Waals surface area contributed by atoms with E-state index in [9.17, 15) is 0 Å².